The second-order valence-corrected chi connectivity index (χ2v) is 8.33. The number of hydrogen-bond donors (Lipinski definition) is 1. The van der Waals surface area contributed by atoms with Gasteiger partial charge in [0.1, 0.15) is 0 Å². The van der Waals surface area contributed by atoms with E-state index in [1.807, 2.05) is 12.1 Å². The number of fused-ring (bicyclic) bond motifs is 1. The van der Waals surface area contributed by atoms with E-state index in [-0.39, 0.29) is 0 Å². The molecule has 3 rings (SSSR count). The van der Waals surface area contributed by atoms with Crippen LogP contribution in [0.2, 0.25) is 0 Å². The number of rotatable bonds is 4. The molecule has 0 atom stereocenters. The fourth-order valence-electron chi connectivity index (χ4n) is 3.45. The lowest BCUT2D eigenvalue weighted by Gasteiger charge is -2.23. The molecule has 0 spiro atoms. The first-order chi connectivity index (χ1) is 10.1. The van der Waals surface area contributed by atoms with Crippen LogP contribution in [0.15, 0.2) is 23.1 Å². The Morgan fingerprint density at radius 2 is 2.00 bits per heavy atom. The third-order valence-corrected chi connectivity index (χ3v) is 6.53. The van der Waals surface area contributed by atoms with Crippen LogP contribution in [-0.2, 0) is 16.4 Å². The maximum atomic E-state index is 12.7. The van der Waals surface area contributed by atoms with Gasteiger partial charge in [-0.05, 0) is 55.4 Å². The molecule has 4 nitrogen and oxygen atoms in total. The van der Waals surface area contributed by atoms with Crippen molar-refractivity contribution in [2.45, 2.75) is 43.4 Å². The Morgan fingerprint density at radius 3 is 2.76 bits per heavy atom. The molecule has 2 aliphatic rings. The Bertz CT molecular complexity index is 607. The van der Waals surface area contributed by atoms with Gasteiger partial charge in [-0.3, -0.25) is 0 Å². The standard InChI is InChI=1S/C16H24N2O2S/c1-18(12-13-5-2-3-6-13)21(19,20)15-8-9-16-14(11-15)7-4-10-17-16/h8-9,11,13,17H,2-7,10,12H2,1H3. The van der Waals surface area contributed by atoms with Crippen molar-refractivity contribution in [3.05, 3.63) is 23.8 Å². The van der Waals surface area contributed by atoms with Crippen molar-refractivity contribution < 1.29 is 8.42 Å². The minimum absolute atomic E-state index is 0.436. The molecule has 1 aliphatic carbocycles. The molecule has 116 valence electrons. The second-order valence-electron chi connectivity index (χ2n) is 6.29. The lowest BCUT2D eigenvalue weighted by Crippen LogP contribution is -2.31. The molecule has 0 saturated heterocycles. The van der Waals surface area contributed by atoms with Gasteiger partial charge in [0.05, 0.1) is 4.90 Å². The summed E-state index contributed by atoms with van der Waals surface area (Å²) in [6, 6.07) is 5.49. The molecule has 21 heavy (non-hydrogen) atoms. The van der Waals surface area contributed by atoms with Crippen LogP contribution >= 0.6 is 0 Å². The van der Waals surface area contributed by atoms with Crippen molar-refractivity contribution in [3.63, 3.8) is 0 Å². The summed E-state index contributed by atoms with van der Waals surface area (Å²) in [5.41, 5.74) is 2.20. The normalized spacial score (nSPS) is 19.5. The summed E-state index contributed by atoms with van der Waals surface area (Å²) in [6.45, 7) is 1.62. The lowest BCUT2D eigenvalue weighted by atomic mass is 10.0. The highest BCUT2D eigenvalue weighted by molar-refractivity contribution is 7.89. The number of sulfonamides is 1. The quantitative estimate of drug-likeness (QED) is 0.930. The van der Waals surface area contributed by atoms with Gasteiger partial charge in [0, 0.05) is 25.8 Å². The van der Waals surface area contributed by atoms with E-state index in [0.29, 0.717) is 17.4 Å². The van der Waals surface area contributed by atoms with Crippen molar-refractivity contribution in [1.82, 2.24) is 4.31 Å². The minimum Gasteiger partial charge on any atom is -0.385 e. The summed E-state index contributed by atoms with van der Waals surface area (Å²) in [6.07, 6.45) is 6.82. The van der Waals surface area contributed by atoms with Gasteiger partial charge >= 0.3 is 0 Å². The zero-order valence-corrected chi connectivity index (χ0v) is 13.5. The van der Waals surface area contributed by atoms with Crippen molar-refractivity contribution in [2.75, 3.05) is 25.5 Å². The number of hydrogen-bond acceptors (Lipinski definition) is 3. The van der Waals surface area contributed by atoms with Gasteiger partial charge in [-0.2, -0.15) is 0 Å². The Hall–Kier alpha value is -1.07. The summed E-state index contributed by atoms with van der Waals surface area (Å²) >= 11 is 0. The van der Waals surface area contributed by atoms with E-state index >= 15 is 0 Å². The predicted octanol–water partition coefficient (Wildman–Crippen LogP) is 2.86. The van der Waals surface area contributed by atoms with Crippen LogP contribution < -0.4 is 5.32 Å². The van der Waals surface area contributed by atoms with Crippen LogP contribution in [0.3, 0.4) is 0 Å². The first-order valence-electron chi connectivity index (χ1n) is 7.90. The monoisotopic (exact) mass is 308 g/mol. The molecule has 0 unspecified atom stereocenters. The highest BCUT2D eigenvalue weighted by Gasteiger charge is 2.26. The molecule has 1 fully saturated rings. The third-order valence-electron chi connectivity index (χ3n) is 4.71. The molecule has 0 aromatic heterocycles. The van der Waals surface area contributed by atoms with Gasteiger partial charge in [0.25, 0.3) is 0 Å². The largest absolute Gasteiger partial charge is 0.385 e. The zero-order valence-electron chi connectivity index (χ0n) is 12.6. The Labute approximate surface area is 127 Å². The van der Waals surface area contributed by atoms with Crippen molar-refractivity contribution in [3.8, 4) is 0 Å². The summed E-state index contributed by atoms with van der Waals surface area (Å²) in [7, 11) is -1.64. The molecule has 1 saturated carbocycles. The average molecular weight is 308 g/mol. The smallest absolute Gasteiger partial charge is 0.242 e. The number of nitrogens with zero attached hydrogens (tertiary/aromatic N) is 1. The molecule has 1 aromatic carbocycles. The highest BCUT2D eigenvalue weighted by atomic mass is 32.2. The van der Waals surface area contributed by atoms with Gasteiger partial charge in [-0.1, -0.05) is 12.8 Å². The maximum Gasteiger partial charge on any atom is 0.242 e. The van der Waals surface area contributed by atoms with Crippen LogP contribution in [0.25, 0.3) is 0 Å². The third kappa shape index (κ3) is 3.09. The molecule has 5 heteroatoms. The molecular formula is C16H24N2O2S. The molecule has 0 bridgehead atoms. The van der Waals surface area contributed by atoms with Crippen molar-refractivity contribution in [2.24, 2.45) is 5.92 Å². The number of aryl methyl sites for hydroxylation is 1. The first-order valence-corrected chi connectivity index (χ1v) is 9.34. The van der Waals surface area contributed by atoms with Crippen LogP contribution in [0.4, 0.5) is 5.69 Å². The topological polar surface area (TPSA) is 49.4 Å². The average Bonchev–Trinajstić information content (AvgIpc) is 2.99. The van der Waals surface area contributed by atoms with Gasteiger partial charge in [0.2, 0.25) is 10.0 Å². The SMILES string of the molecule is CN(CC1CCCC1)S(=O)(=O)c1ccc2c(c1)CCCN2. The fourth-order valence-corrected chi connectivity index (χ4v) is 4.74. The lowest BCUT2D eigenvalue weighted by molar-refractivity contribution is 0.387. The maximum absolute atomic E-state index is 12.7. The van der Waals surface area contributed by atoms with Crippen LogP contribution in [0.1, 0.15) is 37.7 Å². The molecule has 1 heterocycles. The summed E-state index contributed by atoms with van der Waals surface area (Å²) in [4.78, 5) is 0.436. The highest BCUT2D eigenvalue weighted by Crippen LogP contribution is 2.29. The number of nitrogens with one attached hydrogen (secondary N) is 1. The number of benzene rings is 1. The number of anilines is 1. The van der Waals surface area contributed by atoms with E-state index < -0.39 is 10.0 Å². The molecule has 0 amide bonds. The predicted molar refractivity (Wildman–Crippen MR) is 85.0 cm³/mol. The minimum atomic E-state index is -3.35. The van der Waals surface area contributed by atoms with Gasteiger partial charge < -0.3 is 5.32 Å². The molecular weight excluding hydrogens is 284 g/mol. The molecule has 1 aliphatic heterocycles. The first kappa shape index (κ1) is 14.9. The second kappa shape index (κ2) is 5.97. The van der Waals surface area contributed by atoms with E-state index in [2.05, 4.69) is 5.32 Å². The van der Waals surface area contributed by atoms with Crippen molar-refractivity contribution in [1.29, 1.82) is 0 Å². The van der Waals surface area contributed by atoms with Crippen molar-refractivity contribution >= 4 is 15.7 Å². The van der Waals surface area contributed by atoms with Gasteiger partial charge in [0.15, 0.2) is 0 Å². The van der Waals surface area contributed by atoms with Crippen LogP contribution in [0, 0.1) is 5.92 Å². The Morgan fingerprint density at radius 1 is 1.24 bits per heavy atom. The summed E-state index contributed by atoms with van der Waals surface area (Å²) in [5.74, 6) is 0.532. The van der Waals surface area contributed by atoms with E-state index in [4.69, 9.17) is 0 Å². The fraction of sp³-hybridized carbons (Fsp3) is 0.625. The Balaban J connectivity index is 1.80. The summed E-state index contributed by atoms with van der Waals surface area (Å²) in [5, 5.41) is 3.32. The summed E-state index contributed by atoms with van der Waals surface area (Å²) < 4.78 is 27.0. The molecule has 0 radical (unpaired) electrons. The van der Waals surface area contributed by atoms with Gasteiger partial charge in [-0.25, -0.2) is 12.7 Å². The molecule has 1 N–H and O–H groups in total. The van der Waals surface area contributed by atoms with Gasteiger partial charge in [-0.15, -0.1) is 0 Å². The van der Waals surface area contributed by atoms with Crippen LogP contribution in [0.5, 0.6) is 0 Å². The Kier molecular flexibility index (Phi) is 4.22. The van der Waals surface area contributed by atoms with E-state index in [0.717, 1.165) is 43.5 Å². The van der Waals surface area contributed by atoms with E-state index in [1.54, 1.807) is 17.4 Å². The van der Waals surface area contributed by atoms with Crippen LogP contribution in [-0.4, -0.2) is 32.9 Å². The van der Waals surface area contributed by atoms with E-state index in [1.165, 1.54) is 12.8 Å². The van der Waals surface area contributed by atoms with E-state index in [9.17, 15) is 8.42 Å². The molecule has 1 aromatic rings. The zero-order chi connectivity index (χ0) is 14.9.